The topological polar surface area (TPSA) is 56.7 Å². The molecule has 0 aliphatic heterocycles. The molecule has 1 amide bonds. The first kappa shape index (κ1) is 14.4. The standard InChI is InChI=1S/C13H21N3O2/c1-5-16(9-13(18)15(3)4)12-8-11(10(2)17)6-7-14-12/h6-8,10,17H,5,9H2,1-4H3/t10-/m0/s1. The highest BCUT2D eigenvalue weighted by molar-refractivity contribution is 5.80. The quantitative estimate of drug-likeness (QED) is 0.850. The number of amides is 1. The van der Waals surface area contributed by atoms with E-state index in [1.165, 1.54) is 0 Å². The van der Waals surface area contributed by atoms with Crippen LogP contribution in [0.25, 0.3) is 0 Å². The molecule has 100 valence electrons. The lowest BCUT2D eigenvalue weighted by Crippen LogP contribution is -2.37. The molecule has 0 aromatic carbocycles. The average molecular weight is 251 g/mol. The molecule has 5 nitrogen and oxygen atoms in total. The number of hydrogen-bond acceptors (Lipinski definition) is 4. The number of hydrogen-bond donors (Lipinski definition) is 1. The number of carbonyl (C=O) groups excluding carboxylic acids is 1. The number of aliphatic hydroxyl groups excluding tert-OH is 1. The van der Waals surface area contributed by atoms with Gasteiger partial charge >= 0.3 is 0 Å². The van der Waals surface area contributed by atoms with Gasteiger partial charge in [-0.15, -0.1) is 0 Å². The Morgan fingerprint density at radius 1 is 1.50 bits per heavy atom. The van der Waals surface area contributed by atoms with E-state index in [1.54, 1.807) is 38.2 Å². The lowest BCUT2D eigenvalue weighted by Gasteiger charge is -2.23. The van der Waals surface area contributed by atoms with Crippen LogP contribution in [-0.4, -0.2) is 48.1 Å². The van der Waals surface area contributed by atoms with Gasteiger partial charge in [0.15, 0.2) is 0 Å². The fraction of sp³-hybridized carbons (Fsp3) is 0.538. The van der Waals surface area contributed by atoms with E-state index in [4.69, 9.17) is 0 Å². The maximum Gasteiger partial charge on any atom is 0.241 e. The molecule has 5 heteroatoms. The molecule has 0 radical (unpaired) electrons. The van der Waals surface area contributed by atoms with Gasteiger partial charge in [0, 0.05) is 26.8 Å². The summed E-state index contributed by atoms with van der Waals surface area (Å²) in [5.41, 5.74) is 0.802. The number of rotatable bonds is 5. The summed E-state index contributed by atoms with van der Waals surface area (Å²) in [5, 5.41) is 9.55. The van der Waals surface area contributed by atoms with Gasteiger partial charge in [0.1, 0.15) is 5.82 Å². The van der Waals surface area contributed by atoms with Crippen molar-refractivity contribution in [3.8, 4) is 0 Å². The molecule has 1 aromatic rings. The first-order chi connectivity index (χ1) is 8.45. The van der Waals surface area contributed by atoms with Gasteiger partial charge in [-0.25, -0.2) is 4.98 Å². The van der Waals surface area contributed by atoms with E-state index in [0.29, 0.717) is 18.9 Å². The Hall–Kier alpha value is -1.62. The van der Waals surface area contributed by atoms with Crippen LogP contribution in [0.2, 0.25) is 0 Å². The lowest BCUT2D eigenvalue weighted by atomic mass is 10.1. The SMILES string of the molecule is CCN(CC(=O)N(C)C)c1cc([C@H](C)O)ccn1. The number of pyridine rings is 1. The first-order valence-electron chi connectivity index (χ1n) is 6.04. The van der Waals surface area contributed by atoms with Gasteiger partial charge in [0.25, 0.3) is 0 Å². The van der Waals surface area contributed by atoms with Crippen molar-refractivity contribution < 1.29 is 9.90 Å². The van der Waals surface area contributed by atoms with E-state index in [-0.39, 0.29) is 5.91 Å². The van der Waals surface area contributed by atoms with Crippen LogP contribution in [0.3, 0.4) is 0 Å². The Morgan fingerprint density at radius 3 is 2.67 bits per heavy atom. The van der Waals surface area contributed by atoms with Crippen LogP contribution in [0.1, 0.15) is 25.5 Å². The predicted molar refractivity (Wildman–Crippen MR) is 71.5 cm³/mol. The largest absolute Gasteiger partial charge is 0.389 e. The molecular formula is C13H21N3O2. The van der Waals surface area contributed by atoms with E-state index in [2.05, 4.69) is 4.98 Å². The summed E-state index contributed by atoms with van der Waals surface area (Å²) >= 11 is 0. The van der Waals surface area contributed by atoms with Gasteiger partial charge in [-0.3, -0.25) is 4.79 Å². The molecule has 18 heavy (non-hydrogen) atoms. The molecule has 0 spiro atoms. The van der Waals surface area contributed by atoms with E-state index >= 15 is 0 Å². The van der Waals surface area contributed by atoms with E-state index in [0.717, 1.165) is 5.56 Å². The van der Waals surface area contributed by atoms with Crippen LogP contribution in [0, 0.1) is 0 Å². The van der Waals surface area contributed by atoms with Crippen molar-refractivity contribution in [1.82, 2.24) is 9.88 Å². The minimum atomic E-state index is -0.532. The van der Waals surface area contributed by atoms with Crippen LogP contribution in [0.15, 0.2) is 18.3 Å². The molecule has 1 rings (SSSR count). The summed E-state index contributed by atoms with van der Waals surface area (Å²) in [6.07, 6.45) is 1.12. The lowest BCUT2D eigenvalue weighted by molar-refractivity contribution is -0.127. The first-order valence-corrected chi connectivity index (χ1v) is 6.04. The second-order valence-electron chi connectivity index (χ2n) is 4.43. The van der Waals surface area contributed by atoms with E-state index < -0.39 is 6.10 Å². The van der Waals surface area contributed by atoms with Crippen molar-refractivity contribution in [3.05, 3.63) is 23.9 Å². The Balaban J connectivity index is 2.88. The van der Waals surface area contributed by atoms with Crippen molar-refractivity contribution in [1.29, 1.82) is 0 Å². The summed E-state index contributed by atoms with van der Waals surface area (Å²) < 4.78 is 0. The van der Waals surface area contributed by atoms with Gasteiger partial charge in [-0.2, -0.15) is 0 Å². The van der Waals surface area contributed by atoms with Gasteiger partial charge < -0.3 is 14.9 Å². The van der Waals surface area contributed by atoms with Gasteiger partial charge in [-0.05, 0) is 31.5 Å². The predicted octanol–water partition coefficient (Wildman–Crippen LogP) is 1.05. The molecule has 0 unspecified atom stereocenters. The Bertz CT molecular complexity index is 405. The molecule has 0 saturated carbocycles. The minimum absolute atomic E-state index is 0.0288. The molecule has 0 aliphatic carbocycles. The van der Waals surface area contributed by atoms with Crippen molar-refractivity contribution >= 4 is 11.7 Å². The number of aliphatic hydroxyl groups is 1. The molecule has 1 heterocycles. The maximum atomic E-state index is 11.7. The fourth-order valence-corrected chi connectivity index (χ4v) is 1.53. The minimum Gasteiger partial charge on any atom is -0.389 e. The molecule has 1 atom stereocenters. The number of carbonyl (C=O) groups is 1. The number of aromatic nitrogens is 1. The molecule has 0 aliphatic rings. The van der Waals surface area contributed by atoms with Gasteiger partial charge in [0.05, 0.1) is 12.6 Å². The maximum absolute atomic E-state index is 11.7. The Morgan fingerprint density at radius 2 is 2.17 bits per heavy atom. The van der Waals surface area contributed by atoms with Crippen molar-refractivity contribution in [3.63, 3.8) is 0 Å². The summed E-state index contributed by atoms with van der Waals surface area (Å²) in [7, 11) is 3.46. The van der Waals surface area contributed by atoms with Crippen LogP contribution in [0.5, 0.6) is 0 Å². The van der Waals surface area contributed by atoms with Crippen LogP contribution < -0.4 is 4.90 Å². The zero-order chi connectivity index (χ0) is 13.7. The fourth-order valence-electron chi connectivity index (χ4n) is 1.53. The molecule has 1 aromatic heterocycles. The highest BCUT2D eigenvalue weighted by Gasteiger charge is 2.13. The summed E-state index contributed by atoms with van der Waals surface area (Å²) in [4.78, 5) is 19.4. The zero-order valence-corrected chi connectivity index (χ0v) is 11.4. The monoisotopic (exact) mass is 251 g/mol. The van der Waals surface area contributed by atoms with Crippen molar-refractivity contribution in [2.75, 3.05) is 32.1 Å². The number of nitrogens with zero attached hydrogens (tertiary/aromatic N) is 3. The summed E-state index contributed by atoms with van der Waals surface area (Å²) in [5.74, 6) is 0.743. The third-order valence-electron chi connectivity index (χ3n) is 2.78. The molecule has 1 N–H and O–H groups in total. The van der Waals surface area contributed by atoms with Gasteiger partial charge in [0.2, 0.25) is 5.91 Å². The van der Waals surface area contributed by atoms with Crippen LogP contribution >= 0.6 is 0 Å². The average Bonchev–Trinajstić information content (AvgIpc) is 2.35. The second kappa shape index (κ2) is 6.35. The zero-order valence-electron chi connectivity index (χ0n) is 11.4. The highest BCUT2D eigenvalue weighted by Crippen LogP contribution is 2.17. The van der Waals surface area contributed by atoms with Crippen molar-refractivity contribution in [2.45, 2.75) is 20.0 Å². The normalized spacial score (nSPS) is 12.1. The molecule has 0 saturated heterocycles. The molecular weight excluding hydrogens is 230 g/mol. The smallest absolute Gasteiger partial charge is 0.241 e. The van der Waals surface area contributed by atoms with Crippen LogP contribution in [0.4, 0.5) is 5.82 Å². The number of likely N-dealkylation sites (N-methyl/N-ethyl adjacent to an activating group) is 2. The molecule has 0 fully saturated rings. The highest BCUT2D eigenvalue weighted by atomic mass is 16.3. The van der Waals surface area contributed by atoms with E-state index in [1.807, 2.05) is 17.9 Å². The van der Waals surface area contributed by atoms with Gasteiger partial charge in [-0.1, -0.05) is 0 Å². The summed E-state index contributed by atoms with van der Waals surface area (Å²) in [6, 6.07) is 3.59. The Labute approximate surface area is 108 Å². The third kappa shape index (κ3) is 3.70. The summed E-state index contributed by atoms with van der Waals surface area (Å²) in [6.45, 7) is 4.66. The Kier molecular flexibility index (Phi) is 5.09. The third-order valence-corrected chi connectivity index (χ3v) is 2.78. The molecule has 0 bridgehead atoms. The van der Waals surface area contributed by atoms with Crippen LogP contribution in [-0.2, 0) is 4.79 Å². The number of anilines is 1. The second-order valence-corrected chi connectivity index (χ2v) is 4.43. The van der Waals surface area contributed by atoms with E-state index in [9.17, 15) is 9.90 Å². The van der Waals surface area contributed by atoms with Crippen molar-refractivity contribution in [2.24, 2.45) is 0 Å².